The first kappa shape index (κ1) is 8.43. The molecule has 14 heavy (non-hydrogen) atoms. The third-order valence-electron chi connectivity index (χ3n) is 1.69. The Hall–Kier alpha value is -2.17. The molecule has 1 aromatic rings. The molecule has 0 atom stereocenters. The van der Waals surface area contributed by atoms with E-state index in [1.807, 2.05) is 30.3 Å². The molecule has 0 radical (unpaired) electrons. The van der Waals surface area contributed by atoms with Gasteiger partial charge in [-0.1, -0.05) is 18.2 Å². The molecular formula is C9H9N5. The number of nitrogens with zero attached hydrogens (tertiary/aromatic N) is 3. The van der Waals surface area contributed by atoms with Crippen LogP contribution in [0.1, 0.15) is 0 Å². The van der Waals surface area contributed by atoms with E-state index in [1.165, 1.54) is 6.21 Å². The first-order chi connectivity index (χ1) is 6.86. The summed E-state index contributed by atoms with van der Waals surface area (Å²) < 4.78 is 0. The van der Waals surface area contributed by atoms with E-state index in [1.54, 1.807) is 0 Å². The maximum atomic E-state index is 5.50. The largest absolute Gasteiger partial charge is 0.380 e. The van der Waals surface area contributed by atoms with Gasteiger partial charge in [0.15, 0.2) is 5.84 Å². The number of nitrogens with two attached hydrogens (primary N) is 1. The van der Waals surface area contributed by atoms with E-state index in [4.69, 9.17) is 5.73 Å². The normalized spacial score (nSPS) is 17.1. The molecule has 1 aliphatic rings. The van der Waals surface area contributed by atoms with Crippen LogP contribution < -0.4 is 11.2 Å². The lowest BCUT2D eigenvalue weighted by Gasteiger charge is -1.99. The van der Waals surface area contributed by atoms with Crippen LogP contribution in [0.5, 0.6) is 0 Å². The lowest BCUT2D eigenvalue weighted by atomic mass is 10.3. The van der Waals surface area contributed by atoms with Gasteiger partial charge in [-0.25, -0.2) is 0 Å². The fourth-order valence-electron chi connectivity index (χ4n) is 0.987. The SMILES string of the molecule is NC1=NN=C/C1=N\Nc1ccccc1. The van der Waals surface area contributed by atoms with Gasteiger partial charge in [-0.05, 0) is 12.1 Å². The van der Waals surface area contributed by atoms with Crippen molar-refractivity contribution in [3.8, 4) is 0 Å². The van der Waals surface area contributed by atoms with Crippen LogP contribution in [-0.2, 0) is 0 Å². The monoisotopic (exact) mass is 187 g/mol. The minimum Gasteiger partial charge on any atom is -0.380 e. The van der Waals surface area contributed by atoms with Gasteiger partial charge in [-0.2, -0.15) is 10.2 Å². The number of anilines is 1. The van der Waals surface area contributed by atoms with Gasteiger partial charge in [0.2, 0.25) is 0 Å². The van der Waals surface area contributed by atoms with Crippen LogP contribution in [0, 0.1) is 0 Å². The van der Waals surface area contributed by atoms with Crippen molar-refractivity contribution >= 4 is 23.4 Å². The highest BCUT2D eigenvalue weighted by Gasteiger charge is 2.06. The number of rotatable bonds is 2. The second-order valence-corrected chi connectivity index (χ2v) is 2.70. The zero-order valence-electron chi connectivity index (χ0n) is 7.38. The van der Waals surface area contributed by atoms with Crippen molar-refractivity contribution in [2.45, 2.75) is 0 Å². The maximum absolute atomic E-state index is 5.50. The van der Waals surface area contributed by atoms with Gasteiger partial charge in [-0.15, -0.1) is 5.10 Å². The first-order valence-corrected chi connectivity index (χ1v) is 4.12. The molecule has 0 unspecified atom stereocenters. The fraction of sp³-hybridized carbons (Fsp3) is 0. The van der Waals surface area contributed by atoms with E-state index in [-0.39, 0.29) is 0 Å². The number of hydrogen-bond acceptors (Lipinski definition) is 5. The topological polar surface area (TPSA) is 75.1 Å². The summed E-state index contributed by atoms with van der Waals surface area (Å²) in [5, 5.41) is 11.3. The molecule has 5 heteroatoms. The molecule has 0 spiro atoms. The second kappa shape index (κ2) is 3.69. The van der Waals surface area contributed by atoms with E-state index in [0.717, 1.165) is 5.69 Å². The van der Waals surface area contributed by atoms with Crippen molar-refractivity contribution in [2.75, 3.05) is 5.43 Å². The van der Waals surface area contributed by atoms with E-state index in [2.05, 4.69) is 20.7 Å². The molecule has 2 rings (SSSR count). The van der Waals surface area contributed by atoms with E-state index in [9.17, 15) is 0 Å². The van der Waals surface area contributed by atoms with Gasteiger partial charge in [0.25, 0.3) is 0 Å². The predicted octanol–water partition coefficient (Wildman–Crippen LogP) is 0.811. The van der Waals surface area contributed by atoms with Gasteiger partial charge in [0.05, 0.1) is 11.9 Å². The number of hydrogen-bond donors (Lipinski definition) is 2. The summed E-state index contributed by atoms with van der Waals surface area (Å²) in [4.78, 5) is 0. The van der Waals surface area contributed by atoms with Crippen LogP contribution in [0.4, 0.5) is 5.69 Å². The standard InChI is InChI=1S/C9H9N5/c10-9-8(6-11-14-9)13-12-7-4-2-1-3-5-7/h1-6,12H,(H2,10,13,14). The Bertz CT molecular complexity index is 404. The molecule has 0 aliphatic carbocycles. The number of benzene rings is 1. The van der Waals surface area contributed by atoms with Crippen LogP contribution in [-0.4, -0.2) is 17.8 Å². The molecule has 1 aromatic carbocycles. The molecule has 0 fully saturated rings. The van der Waals surface area contributed by atoms with Gasteiger partial charge in [0.1, 0.15) is 5.71 Å². The molecule has 3 N–H and O–H groups in total. The van der Waals surface area contributed by atoms with Gasteiger partial charge < -0.3 is 5.73 Å². The fourth-order valence-corrected chi connectivity index (χ4v) is 0.987. The lowest BCUT2D eigenvalue weighted by Crippen LogP contribution is -2.22. The quantitative estimate of drug-likeness (QED) is 0.672. The van der Waals surface area contributed by atoms with E-state index in [0.29, 0.717) is 11.5 Å². The summed E-state index contributed by atoms with van der Waals surface area (Å²) >= 11 is 0. The smallest absolute Gasteiger partial charge is 0.175 e. The zero-order chi connectivity index (χ0) is 9.80. The second-order valence-electron chi connectivity index (χ2n) is 2.70. The number of para-hydroxylation sites is 1. The van der Waals surface area contributed by atoms with Crippen molar-refractivity contribution < 1.29 is 0 Å². The Labute approximate surface area is 81.0 Å². The predicted molar refractivity (Wildman–Crippen MR) is 57.6 cm³/mol. The first-order valence-electron chi connectivity index (χ1n) is 4.12. The Balaban J connectivity index is 2.08. The molecule has 1 heterocycles. The highest BCUT2D eigenvalue weighted by Crippen LogP contribution is 2.04. The number of hydrazone groups is 1. The maximum Gasteiger partial charge on any atom is 0.175 e. The average molecular weight is 187 g/mol. The zero-order valence-corrected chi connectivity index (χ0v) is 7.38. The van der Waals surface area contributed by atoms with Crippen molar-refractivity contribution in [1.82, 2.24) is 0 Å². The van der Waals surface area contributed by atoms with Gasteiger partial charge in [-0.3, -0.25) is 5.43 Å². The van der Waals surface area contributed by atoms with Crippen molar-refractivity contribution in [2.24, 2.45) is 21.0 Å². The third kappa shape index (κ3) is 1.77. The summed E-state index contributed by atoms with van der Waals surface area (Å²) in [5.41, 5.74) is 9.80. The summed E-state index contributed by atoms with van der Waals surface area (Å²) in [6, 6.07) is 9.59. The van der Waals surface area contributed by atoms with Gasteiger partial charge in [0, 0.05) is 0 Å². The molecule has 0 amide bonds. The van der Waals surface area contributed by atoms with Crippen LogP contribution in [0.2, 0.25) is 0 Å². The van der Waals surface area contributed by atoms with Crippen molar-refractivity contribution in [3.05, 3.63) is 30.3 Å². The average Bonchev–Trinajstić information content (AvgIpc) is 2.63. The van der Waals surface area contributed by atoms with Crippen LogP contribution in [0.3, 0.4) is 0 Å². The highest BCUT2D eigenvalue weighted by molar-refractivity contribution is 6.63. The molecular weight excluding hydrogens is 178 g/mol. The van der Waals surface area contributed by atoms with Crippen LogP contribution >= 0.6 is 0 Å². The van der Waals surface area contributed by atoms with Gasteiger partial charge >= 0.3 is 0 Å². The molecule has 70 valence electrons. The van der Waals surface area contributed by atoms with E-state index < -0.39 is 0 Å². The summed E-state index contributed by atoms with van der Waals surface area (Å²) in [7, 11) is 0. The van der Waals surface area contributed by atoms with E-state index >= 15 is 0 Å². The Kier molecular flexibility index (Phi) is 2.22. The summed E-state index contributed by atoms with van der Waals surface area (Å²) in [6.45, 7) is 0. The highest BCUT2D eigenvalue weighted by atomic mass is 15.3. The molecule has 0 saturated heterocycles. The Morgan fingerprint density at radius 3 is 2.64 bits per heavy atom. The van der Waals surface area contributed by atoms with Crippen LogP contribution in [0.25, 0.3) is 0 Å². The van der Waals surface area contributed by atoms with Crippen molar-refractivity contribution in [3.63, 3.8) is 0 Å². The van der Waals surface area contributed by atoms with Crippen molar-refractivity contribution in [1.29, 1.82) is 0 Å². The molecule has 0 aromatic heterocycles. The Morgan fingerprint density at radius 2 is 2.00 bits per heavy atom. The minimum atomic E-state index is 0.327. The molecule has 0 bridgehead atoms. The number of amidine groups is 1. The summed E-state index contributed by atoms with van der Waals surface area (Å²) in [6.07, 6.45) is 1.51. The molecule has 0 saturated carbocycles. The third-order valence-corrected chi connectivity index (χ3v) is 1.69. The number of nitrogens with one attached hydrogen (secondary N) is 1. The summed E-state index contributed by atoms with van der Waals surface area (Å²) in [5.74, 6) is 0.327. The van der Waals surface area contributed by atoms with Crippen LogP contribution in [0.15, 0.2) is 45.6 Å². The molecule has 1 aliphatic heterocycles. The lowest BCUT2D eigenvalue weighted by molar-refractivity contribution is 1.27. The molecule has 5 nitrogen and oxygen atoms in total. The Morgan fingerprint density at radius 1 is 1.21 bits per heavy atom. The minimum absolute atomic E-state index is 0.327.